The molecule has 1 heterocycles. The lowest BCUT2D eigenvalue weighted by molar-refractivity contribution is 0.0694. The van der Waals surface area contributed by atoms with Gasteiger partial charge in [-0.05, 0) is 45.1 Å². The minimum atomic E-state index is -0.972. The van der Waals surface area contributed by atoms with Gasteiger partial charge in [0.25, 0.3) is 5.56 Å². The van der Waals surface area contributed by atoms with E-state index in [1.165, 1.54) is 6.07 Å². The zero-order valence-electron chi connectivity index (χ0n) is 12.4. The maximum absolute atomic E-state index is 12.1. The first-order chi connectivity index (χ1) is 8.75. The molecule has 0 bridgehead atoms. The normalized spacial score (nSPS) is 12.7. The van der Waals surface area contributed by atoms with E-state index in [1.54, 1.807) is 18.4 Å². The van der Waals surface area contributed by atoms with Gasteiger partial charge in [-0.1, -0.05) is 13.8 Å². The summed E-state index contributed by atoms with van der Waals surface area (Å²) in [6, 6.07) is 1.44. The summed E-state index contributed by atoms with van der Waals surface area (Å²) < 4.78 is 1.61. The number of aromatic nitrogens is 1. The number of rotatable bonds is 5. The van der Waals surface area contributed by atoms with Gasteiger partial charge in [-0.2, -0.15) is 0 Å². The monoisotopic (exact) mass is 265 g/mol. The van der Waals surface area contributed by atoms with Crippen molar-refractivity contribution in [1.29, 1.82) is 0 Å². The fraction of sp³-hybridized carbons (Fsp3) is 0.600. The molecule has 0 amide bonds. The van der Waals surface area contributed by atoms with Crippen molar-refractivity contribution >= 4 is 5.97 Å². The molecule has 0 aliphatic heterocycles. The smallest absolute Gasteiger partial charge is 0.337 e. The van der Waals surface area contributed by atoms with Gasteiger partial charge in [0.05, 0.1) is 5.56 Å². The molecule has 1 aromatic heterocycles. The molecule has 1 unspecified atom stereocenters. The molecule has 1 rings (SSSR count). The summed E-state index contributed by atoms with van der Waals surface area (Å²) in [5.41, 5.74) is 1.21. The molecule has 0 spiro atoms. The molecule has 0 saturated heterocycles. The fourth-order valence-corrected chi connectivity index (χ4v) is 2.47. The molecule has 0 saturated carbocycles. The second kappa shape index (κ2) is 6.04. The van der Waals surface area contributed by atoms with Crippen molar-refractivity contribution in [2.45, 2.75) is 53.5 Å². The van der Waals surface area contributed by atoms with E-state index >= 15 is 0 Å². The number of carboxylic acid groups (broad SMARTS) is 1. The van der Waals surface area contributed by atoms with Crippen molar-refractivity contribution in [3.8, 4) is 0 Å². The van der Waals surface area contributed by atoms with Gasteiger partial charge >= 0.3 is 5.97 Å². The standard InChI is InChI=1S/C15H23NO3/c1-9(2)6-7-11(4)16-12(5)14(15(18)19)10(3)8-13(16)17/h8-9,11H,6-7H2,1-5H3,(H,18,19). The lowest BCUT2D eigenvalue weighted by Gasteiger charge is -2.21. The van der Waals surface area contributed by atoms with Gasteiger partial charge in [0, 0.05) is 17.8 Å². The number of nitrogens with zero attached hydrogens (tertiary/aromatic N) is 1. The molecule has 4 nitrogen and oxygen atoms in total. The van der Waals surface area contributed by atoms with Crippen LogP contribution in [0.15, 0.2) is 10.9 Å². The molecule has 106 valence electrons. The van der Waals surface area contributed by atoms with E-state index in [0.717, 1.165) is 12.8 Å². The molecule has 0 aromatic carbocycles. The topological polar surface area (TPSA) is 59.3 Å². The van der Waals surface area contributed by atoms with Gasteiger partial charge in [0.15, 0.2) is 0 Å². The van der Waals surface area contributed by atoms with Crippen LogP contribution in [-0.4, -0.2) is 15.6 Å². The van der Waals surface area contributed by atoms with E-state index < -0.39 is 5.97 Å². The van der Waals surface area contributed by atoms with Crippen molar-refractivity contribution in [3.05, 3.63) is 33.2 Å². The van der Waals surface area contributed by atoms with Crippen LogP contribution in [0.25, 0.3) is 0 Å². The lowest BCUT2D eigenvalue weighted by Crippen LogP contribution is -2.28. The third-order valence-corrected chi connectivity index (χ3v) is 3.51. The number of hydrogen-bond donors (Lipinski definition) is 1. The van der Waals surface area contributed by atoms with Gasteiger partial charge in [-0.25, -0.2) is 4.79 Å². The molecular weight excluding hydrogens is 242 g/mol. The SMILES string of the molecule is Cc1cc(=O)n(C(C)CCC(C)C)c(C)c1C(=O)O. The predicted octanol–water partition coefficient (Wildman–Crippen LogP) is 3.16. The van der Waals surface area contributed by atoms with Crippen LogP contribution in [0.1, 0.15) is 61.3 Å². The molecule has 0 aliphatic carbocycles. The Kier molecular flexibility index (Phi) is 4.92. The summed E-state index contributed by atoms with van der Waals surface area (Å²) in [4.78, 5) is 23.4. The van der Waals surface area contributed by atoms with Crippen molar-refractivity contribution in [1.82, 2.24) is 4.57 Å². The highest BCUT2D eigenvalue weighted by molar-refractivity contribution is 5.90. The molecule has 4 heteroatoms. The van der Waals surface area contributed by atoms with E-state index in [9.17, 15) is 14.7 Å². The third-order valence-electron chi connectivity index (χ3n) is 3.51. The van der Waals surface area contributed by atoms with Crippen LogP contribution in [0.5, 0.6) is 0 Å². The van der Waals surface area contributed by atoms with E-state index in [4.69, 9.17) is 0 Å². The maximum atomic E-state index is 12.1. The van der Waals surface area contributed by atoms with E-state index in [-0.39, 0.29) is 17.2 Å². The van der Waals surface area contributed by atoms with Gasteiger partial charge < -0.3 is 9.67 Å². The molecule has 1 atom stereocenters. The van der Waals surface area contributed by atoms with Crippen LogP contribution in [0.4, 0.5) is 0 Å². The number of hydrogen-bond acceptors (Lipinski definition) is 2. The van der Waals surface area contributed by atoms with Gasteiger partial charge in [-0.3, -0.25) is 4.79 Å². The number of aromatic carboxylic acids is 1. The van der Waals surface area contributed by atoms with Crippen molar-refractivity contribution in [2.24, 2.45) is 5.92 Å². The van der Waals surface area contributed by atoms with Crippen LogP contribution in [0, 0.1) is 19.8 Å². The first kappa shape index (κ1) is 15.5. The zero-order chi connectivity index (χ0) is 14.7. The average Bonchev–Trinajstić information content (AvgIpc) is 2.24. The lowest BCUT2D eigenvalue weighted by atomic mass is 10.0. The van der Waals surface area contributed by atoms with Gasteiger partial charge in [0.1, 0.15) is 0 Å². The third kappa shape index (κ3) is 3.46. The number of carbonyl (C=O) groups is 1. The molecule has 1 aromatic rings. The first-order valence-corrected chi connectivity index (χ1v) is 6.71. The Labute approximate surface area is 114 Å². The van der Waals surface area contributed by atoms with Crippen LogP contribution < -0.4 is 5.56 Å². The number of pyridine rings is 1. The quantitative estimate of drug-likeness (QED) is 0.889. The Balaban J connectivity index is 3.24. The minimum Gasteiger partial charge on any atom is -0.478 e. The average molecular weight is 265 g/mol. The summed E-state index contributed by atoms with van der Waals surface area (Å²) in [6.07, 6.45) is 1.89. The minimum absolute atomic E-state index is 0.0219. The van der Waals surface area contributed by atoms with Crippen LogP contribution >= 0.6 is 0 Å². The molecule has 0 aliphatic rings. The Morgan fingerprint density at radius 3 is 2.32 bits per heavy atom. The van der Waals surface area contributed by atoms with Crippen LogP contribution in [-0.2, 0) is 0 Å². The highest BCUT2D eigenvalue weighted by Gasteiger charge is 2.18. The molecule has 0 fully saturated rings. The summed E-state index contributed by atoms with van der Waals surface area (Å²) in [5, 5.41) is 9.25. The van der Waals surface area contributed by atoms with Crippen molar-refractivity contribution in [2.75, 3.05) is 0 Å². The van der Waals surface area contributed by atoms with Crippen molar-refractivity contribution < 1.29 is 9.90 Å². The maximum Gasteiger partial charge on any atom is 0.337 e. The summed E-state index contributed by atoms with van der Waals surface area (Å²) in [6.45, 7) is 9.63. The van der Waals surface area contributed by atoms with Crippen LogP contribution in [0.3, 0.4) is 0 Å². The number of carboxylic acids is 1. The van der Waals surface area contributed by atoms with Crippen LogP contribution in [0.2, 0.25) is 0 Å². The zero-order valence-corrected chi connectivity index (χ0v) is 12.4. The van der Waals surface area contributed by atoms with Gasteiger partial charge in [-0.15, -0.1) is 0 Å². The second-order valence-electron chi connectivity index (χ2n) is 5.62. The Bertz CT molecular complexity index is 529. The largest absolute Gasteiger partial charge is 0.478 e. The summed E-state index contributed by atoms with van der Waals surface area (Å²) >= 11 is 0. The molecular formula is C15H23NO3. The van der Waals surface area contributed by atoms with E-state index in [2.05, 4.69) is 13.8 Å². The highest BCUT2D eigenvalue weighted by Crippen LogP contribution is 2.20. The fourth-order valence-electron chi connectivity index (χ4n) is 2.47. The summed E-state index contributed by atoms with van der Waals surface area (Å²) in [5.74, 6) is -0.400. The first-order valence-electron chi connectivity index (χ1n) is 6.71. The molecule has 1 N–H and O–H groups in total. The summed E-state index contributed by atoms with van der Waals surface area (Å²) in [7, 11) is 0. The molecule has 0 radical (unpaired) electrons. The van der Waals surface area contributed by atoms with Crippen molar-refractivity contribution in [3.63, 3.8) is 0 Å². The second-order valence-corrected chi connectivity index (χ2v) is 5.62. The van der Waals surface area contributed by atoms with E-state index in [1.807, 2.05) is 6.92 Å². The van der Waals surface area contributed by atoms with E-state index in [0.29, 0.717) is 17.2 Å². The highest BCUT2D eigenvalue weighted by atomic mass is 16.4. The number of aryl methyl sites for hydroxylation is 1. The Morgan fingerprint density at radius 1 is 1.26 bits per heavy atom. The Morgan fingerprint density at radius 2 is 1.84 bits per heavy atom. The predicted molar refractivity (Wildman–Crippen MR) is 75.9 cm³/mol. The van der Waals surface area contributed by atoms with Gasteiger partial charge in [0.2, 0.25) is 0 Å². The Hall–Kier alpha value is -1.58. The molecule has 19 heavy (non-hydrogen) atoms.